The van der Waals surface area contributed by atoms with Crippen LogP contribution in [0.1, 0.15) is 5.56 Å². The summed E-state index contributed by atoms with van der Waals surface area (Å²) in [7, 11) is 0. The molecule has 10 nitrogen and oxygen atoms in total. The summed E-state index contributed by atoms with van der Waals surface area (Å²) in [4.78, 5) is 28.9. The summed E-state index contributed by atoms with van der Waals surface area (Å²) < 4.78 is 6.06. The predicted molar refractivity (Wildman–Crippen MR) is 152 cm³/mol. The number of primary amides is 1. The Hall–Kier alpha value is -4.57. The zero-order valence-corrected chi connectivity index (χ0v) is 21.9. The van der Waals surface area contributed by atoms with Gasteiger partial charge >= 0.3 is 6.03 Å². The van der Waals surface area contributed by atoms with Crippen molar-refractivity contribution in [1.29, 1.82) is 0 Å². The van der Waals surface area contributed by atoms with Crippen molar-refractivity contribution in [3.8, 4) is 16.9 Å². The summed E-state index contributed by atoms with van der Waals surface area (Å²) >= 11 is 6.38. The Morgan fingerprint density at radius 3 is 2.67 bits per heavy atom. The summed E-state index contributed by atoms with van der Waals surface area (Å²) in [5.74, 6) is 2.54. The topological polar surface area (TPSA) is 122 Å². The van der Waals surface area contributed by atoms with Crippen LogP contribution >= 0.6 is 11.6 Å². The highest BCUT2D eigenvalue weighted by atomic mass is 35.5. The Balaban J connectivity index is 1.33. The lowest BCUT2D eigenvalue weighted by atomic mass is 10.0. The molecule has 6 bridgehead atoms. The zero-order valence-electron chi connectivity index (χ0n) is 21.1. The van der Waals surface area contributed by atoms with Gasteiger partial charge in [-0.2, -0.15) is 4.98 Å². The molecule has 2 amide bonds. The number of pyridine rings is 1. The molecule has 1 fully saturated rings. The normalized spacial score (nSPS) is 14.9. The summed E-state index contributed by atoms with van der Waals surface area (Å²) in [5.41, 5.74) is 10.3. The number of nitrogens with zero attached hydrogens (tertiary/aromatic N) is 5. The molecule has 198 valence electrons. The number of amides is 2. The molecule has 6 rings (SSSR count). The third-order valence-electron chi connectivity index (χ3n) is 6.74. The van der Waals surface area contributed by atoms with Gasteiger partial charge in [0.1, 0.15) is 16.6 Å². The van der Waals surface area contributed by atoms with Gasteiger partial charge in [0.15, 0.2) is 5.82 Å². The predicted octanol–water partition coefficient (Wildman–Crippen LogP) is 4.81. The van der Waals surface area contributed by atoms with Crippen molar-refractivity contribution in [3.63, 3.8) is 0 Å². The fraction of sp³-hybridized carbons (Fsp3) is 0.214. The van der Waals surface area contributed by atoms with Crippen molar-refractivity contribution in [2.45, 2.75) is 6.42 Å². The maximum Gasteiger partial charge on any atom is 0.314 e. The first-order valence-electron chi connectivity index (χ1n) is 12.7. The Kier molecular flexibility index (Phi) is 6.76. The van der Waals surface area contributed by atoms with Crippen LogP contribution in [0.4, 0.5) is 33.8 Å². The molecule has 0 atom stereocenters. The average Bonchev–Trinajstić information content (AvgIpc) is 2.95. The molecule has 2 aliphatic rings. The van der Waals surface area contributed by atoms with Gasteiger partial charge in [-0.1, -0.05) is 23.7 Å². The van der Waals surface area contributed by atoms with Gasteiger partial charge in [0.05, 0.1) is 12.8 Å². The van der Waals surface area contributed by atoms with E-state index >= 15 is 0 Å². The molecule has 0 unspecified atom stereocenters. The SMILES string of the molecule is NC(=O)N1CCN(c2cc(-c3cc4cc(c3)Nc3ncc(Cl)c(n3)Nc3cccc(c3)OCC4)ccn2)CC1. The number of halogens is 1. The Morgan fingerprint density at radius 1 is 0.949 bits per heavy atom. The number of hydrogen-bond acceptors (Lipinski definition) is 8. The van der Waals surface area contributed by atoms with Crippen molar-refractivity contribution in [2.75, 3.05) is 48.3 Å². The molecule has 39 heavy (non-hydrogen) atoms. The number of piperazine rings is 1. The summed E-state index contributed by atoms with van der Waals surface area (Å²) in [5, 5.41) is 7.00. The van der Waals surface area contributed by atoms with E-state index in [1.807, 2.05) is 36.5 Å². The highest BCUT2D eigenvalue weighted by Gasteiger charge is 2.20. The number of fused-ring (bicyclic) bond motifs is 6. The van der Waals surface area contributed by atoms with Gasteiger partial charge in [-0.25, -0.2) is 14.8 Å². The highest BCUT2D eigenvalue weighted by Crippen LogP contribution is 2.31. The fourth-order valence-electron chi connectivity index (χ4n) is 4.73. The van der Waals surface area contributed by atoms with Crippen molar-refractivity contribution < 1.29 is 9.53 Å². The van der Waals surface area contributed by atoms with E-state index in [9.17, 15) is 4.79 Å². The van der Waals surface area contributed by atoms with Gasteiger partial charge in [-0.3, -0.25) is 0 Å². The van der Waals surface area contributed by atoms with E-state index in [1.165, 1.54) is 0 Å². The second-order valence-electron chi connectivity index (χ2n) is 9.40. The lowest BCUT2D eigenvalue weighted by molar-refractivity contribution is 0.204. The molecular weight excluding hydrogens is 516 g/mol. The van der Waals surface area contributed by atoms with Crippen molar-refractivity contribution in [1.82, 2.24) is 19.9 Å². The molecule has 0 saturated carbocycles. The summed E-state index contributed by atoms with van der Waals surface area (Å²) in [6.07, 6.45) is 4.09. The molecule has 0 spiro atoms. The van der Waals surface area contributed by atoms with Gasteiger partial charge in [-0.15, -0.1) is 0 Å². The number of ether oxygens (including phenoxy) is 1. The molecule has 4 aromatic rings. The molecular formula is C28H27ClN8O2. The van der Waals surface area contributed by atoms with Gasteiger partial charge in [-0.05, 0) is 53.1 Å². The molecule has 0 aliphatic carbocycles. The van der Waals surface area contributed by atoms with Crippen molar-refractivity contribution >= 4 is 46.6 Å². The number of nitrogens with one attached hydrogen (secondary N) is 2. The number of nitrogens with two attached hydrogens (primary N) is 1. The maximum atomic E-state index is 11.5. The number of rotatable bonds is 2. The molecule has 11 heteroatoms. The van der Waals surface area contributed by atoms with Crippen molar-refractivity contribution in [2.24, 2.45) is 5.73 Å². The van der Waals surface area contributed by atoms with E-state index in [-0.39, 0.29) is 6.03 Å². The van der Waals surface area contributed by atoms with E-state index in [2.05, 4.69) is 54.8 Å². The van der Waals surface area contributed by atoms with Crippen LogP contribution in [0.5, 0.6) is 5.75 Å². The fourth-order valence-corrected chi connectivity index (χ4v) is 4.87. The van der Waals surface area contributed by atoms with Gasteiger partial charge < -0.3 is 30.9 Å². The summed E-state index contributed by atoms with van der Waals surface area (Å²) in [6, 6.07) is 17.7. The van der Waals surface area contributed by atoms with Gasteiger partial charge in [0.25, 0.3) is 0 Å². The van der Waals surface area contributed by atoms with Crippen LogP contribution in [0, 0.1) is 0 Å². The van der Waals surface area contributed by atoms with Crippen LogP contribution in [0.15, 0.2) is 67.0 Å². The standard InChI is InChI=1S/C28H27ClN8O2/c29-24-17-32-28-34-22-13-18(5-11-39-23-3-1-2-21(16-23)33-26(24)35-28)12-20(14-22)19-4-6-31-25(15-19)36-7-9-37(10-8-36)27(30)38/h1-4,6,12-17H,5,7-11H2,(H2,30,38)(H2,32,33,34,35). The van der Waals surface area contributed by atoms with Crippen molar-refractivity contribution in [3.05, 3.63) is 77.6 Å². The van der Waals surface area contributed by atoms with Crippen LogP contribution in [-0.2, 0) is 6.42 Å². The molecule has 4 heterocycles. The van der Waals surface area contributed by atoms with Crippen LogP contribution in [-0.4, -0.2) is 58.7 Å². The Morgan fingerprint density at radius 2 is 1.82 bits per heavy atom. The first-order chi connectivity index (χ1) is 19.0. The lowest BCUT2D eigenvalue weighted by Crippen LogP contribution is -2.50. The second-order valence-corrected chi connectivity index (χ2v) is 9.81. The number of benzene rings is 2. The first-order valence-corrected chi connectivity index (χ1v) is 13.1. The molecule has 2 aromatic heterocycles. The minimum absolute atomic E-state index is 0.386. The third kappa shape index (κ3) is 5.65. The van der Waals surface area contributed by atoms with Crippen LogP contribution in [0.25, 0.3) is 11.1 Å². The minimum atomic E-state index is -0.386. The van der Waals surface area contributed by atoms with Gasteiger partial charge in [0.2, 0.25) is 5.95 Å². The van der Waals surface area contributed by atoms with E-state index in [0.29, 0.717) is 56.0 Å². The van der Waals surface area contributed by atoms with E-state index in [0.717, 1.165) is 39.6 Å². The van der Waals surface area contributed by atoms with Crippen LogP contribution < -0.4 is 26.0 Å². The van der Waals surface area contributed by atoms with Gasteiger partial charge in [0, 0.05) is 56.2 Å². The smallest absolute Gasteiger partial charge is 0.314 e. The molecule has 2 aromatic carbocycles. The molecule has 4 N–H and O–H groups in total. The molecule has 0 radical (unpaired) electrons. The maximum absolute atomic E-state index is 11.5. The molecule has 2 aliphatic heterocycles. The quantitative estimate of drug-likeness (QED) is 0.330. The van der Waals surface area contributed by atoms with E-state index < -0.39 is 0 Å². The highest BCUT2D eigenvalue weighted by molar-refractivity contribution is 6.32. The Bertz CT molecular complexity index is 1520. The first kappa shape index (κ1) is 24.7. The third-order valence-corrected chi connectivity index (χ3v) is 7.02. The van der Waals surface area contributed by atoms with Crippen LogP contribution in [0.3, 0.4) is 0 Å². The largest absolute Gasteiger partial charge is 0.493 e. The number of anilines is 5. The number of hydrogen-bond donors (Lipinski definition) is 3. The zero-order chi connectivity index (χ0) is 26.8. The van der Waals surface area contributed by atoms with E-state index in [1.54, 1.807) is 11.1 Å². The minimum Gasteiger partial charge on any atom is -0.493 e. The average molecular weight is 543 g/mol. The number of aromatic nitrogens is 3. The van der Waals surface area contributed by atoms with Crippen LogP contribution in [0.2, 0.25) is 5.02 Å². The monoisotopic (exact) mass is 542 g/mol. The Labute approximate surface area is 230 Å². The van der Waals surface area contributed by atoms with E-state index in [4.69, 9.17) is 22.1 Å². The summed E-state index contributed by atoms with van der Waals surface area (Å²) in [6.45, 7) is 3.02. The number of carbonyl (C=O) groups is 1. The molecule has 1 saturated heterocycles. The number of carbonyl (C=O) groups excluding carboxylic acids is 1. The lowest BCUT2D eigenvalue weighted by Gasteiger charge is -2.34. The number of urea groups is 1. The second kappa shape index (κ2) is 10.7.